The fourth-order valence-corrected chi connectivity index (χ4v) is 1.63. The fraction of sp³-hybridized carbons (Fsp3) is 0. The minimum atomic E-state index is -0.239. The van der Waals surface area contributed by atoms with E-state index < -0.39 is 0 Å². The van der Waals surface area contributed by atoms with Crippen LogP contribution in [0.5, 0.6) is 0 Å². The maximum absolute atomic E-state index is 11.6. The molecule has 3 rings (SSSR count). The van der Waals surface area contributed by atoms with Crippen molar-refractivity contribution < 1.29 is 4.42 Å². The monoisotopic (exact) mass is 239 g/mol. The van der Waals surface area contributed by atoms with Gasteiger partial charge in [0, 0.05) is 12.3 Å². The largest absolute Gasteiger partial charge is 0.463 e. The molecule has 18 heavy (non-hydrogen) atoms. The Kier molecular flexibility index (Phi) is 2.49. The Balaban J connectivity index is 2.15. The molecule has 3 heterocycles. The average Bonchev–Trinajstić information content (AvgIpc) is 2.93. The van der Waals surface area contributed by atoms with Crippen LogP contribution in [0.4, 0.5) is 0 Å². The lowest BCUT2D eigenvalue weighted by Gasteiger charge is -2.01. The van der Waals surface area contributed by atoms with Crippen LogP contribution in [0.2, 0.25) is 0 Å². The fourth-order valence-electron chi connectivity index (χ4n) is 1.63. The maximum atomic E-state index is 11.6. The Morgan fingerprint density at radius 3 is 2.78 bits per heavy atom. The molecular formula is C13H9N3O2. The van der Waals surface area contributed by atoms with Crippen LogP contribution in [0, 0.1) is 0 Å². The van der Waals surface area contributed by atoms with Gasteiger partial charge in [0.2, 0.25) is 0 Å². The summed E-state index contributed by atoms with van der Waals surface area (Å²) in [6.45, 7) is 0. The van der Waals surface area contributed by atoms with Crippen LogP contribution in [0.25, 0.3) is 23.0 Å². The smallest absolute Gasteiger partial charge is 0.251 e. The molecule has 3 aromatic rings. The summed E-state index contributed by atoms with van der Waals surface area (Å²) in [5.41, 5.74) is 0.865. The van der Waals surface area contributed by atoms with E-state index in [1.165, 1.54) is 6.07 Å². The summed E-state index contributed by atoms with van der Waals surface area (Å²) < 4.78 is 5.23. The molecule has 88 valence electrons. The van der Waals surface area contributed by atoms with Crippen LogP contribution < -0.4 is 5.56 Å². The zero-order chi connectivity index (χ0) is 12.4. The highest BCUT2D eigenvalue weighted by Gasteiger charge is 2.08. The molecule has 0 saturated carbocycles. The number of furan rings is 1. The Hall–Kier alpha value is -2.69. The lowest BCUT2D eigenvalue weighted by Crippen LogP contribution is -2.08. The van der Waals surface area contributed by atoms with E-state index in [0.717, 1.165) is 0 Å². The van der Waals surface area contributed by atoms with Gasteiger partial charge in [0.1, 0.15) is 11.4 Å². The summed E-state index contributed by atoms with van der Waals surface area (Å²) in [6, 6.07) is 10.3. The van der Waals surface area contributed by atoms with E-state index in [4.69, 9.17) is 4.42 Å². The van der Waals surface area contributed by atoms with Crippen molar-refractivity contribution in [2.45, 2.75) is 0 Å². The third-order valence-corrected chi connectivity index (χ3v) is 2.42. The van der Waals surface area contributed by atoms with E-state index in [1.54, 1.807) is 36.7 Å². The molecule has 0 atom stereocenters. The van der Waals surface area contributed by atoms with E-state index in [0.29, 0.717) is 23.0 Å². The molecule has 0 saturated heterocycles. The van der Waals surface area contributed by atoms with Crippen molar-refractivity contribution in [3.63, 3.8) is 0 Å². The van der Waals surface area contributed by atoms with Gasteiger partial charge in [0.15, 0.2) is 11.6 Å². The Morgan fingerprint density at radius 1 is 1.11 bits per heavy atom. The van der Waals surface area contributed by atoms with Gasteiger partial charge in [-0.1, -0.05) is 6.07 Å². The van der Waals surface area contributed by atoms with Gasteiger partial charge in [-0.3, -0.25) is 9.78 Å². The first kappa shape index (κ1) is 10.5. The minimum absolute atomic E-state index is 0.239. The zero-order valence-corrected chi connectivity index (χ0v) is 9.33. The van der Waals surface area contributed by atoms with Crippen LogP contribution in [0.3, 0.4) is 0 Å². The van der Waals surface area contributed by atoms with Crippen molar-refractivity contribution in [1.29, 1.82) is 0 Å². The van der Waals surface area contributed by atoms with Crippen LogP contribution in [-0.4, -0.2) is 15.0 Å². The van der Waals surface area contributed by atoms with Gasteiger partial charge < -0.3 is 9.40 Å². The first-order chi connectivity index (χ1) is 8.83. The van der Waals surface area contributed by atoms with Crippen molar-refractivity contribution in [2.24, 2.45) is 0 Å². The van der Waals surface area contributed by atoms with Gasteiger partial charge in [-0.2, -0.15) is 0 Å². The summed E-state index contributed by atoms with van der Waals surface area (Å²) in [7, 11) is 0. The quantitative estimate of drug-likeness (QED) is 0.743. The van der Waals surface area contributed by atoms with E-state index in [1.807, 2.05) is 6.07 Å². The normalized spacial score (nSPS) is 10.4. The van der Waals surface area contributed by atoms with Gasteiger partial charge in [-0.25, -0.2) is 4.98 Å². The summed E-state index contributed by atoms with van der Waals surface area (Å²) in [4.78, 5) is 22.8. The SMILES string of the molecule is O=c1cc(-c2ccco2)nc(-c2ccccn2)[nH]1. The first-order valence-electron chi connectivity index (χ1n) is 5.39. The van der Waals surface area contributed by atoms with Crippen LogP contribution in [0.1, 0.15) is 0 Å². The Morgan fingerprint density at radius 2 is 2.06 bits per heavy atom. The molecule has 0 bridgehead atoms. The highest BCUT2D eigenvalue weighted by atomic mass is 16.3. The molecule has 1 N–H and O–H groups in total. The highest BCUT2D eigenvalue weighted by molar-refractivity contribution is 5.56. The molecule has 0 radical (unpaired) electrons. The van der Waals surface area contributed by atoms with Crippen molar-refractivity contribution in [2.75, 3.05) is 0 Å². The predicted molar refractivity (Wildman–Crippen MR) is 65.8 cm³/mol. The third kappa shape index (κ3) is 1.93. The standard InChI is InChI=1S/C13H9N3O2/c17-12-8-10(11-5-3-7-18-11)15-13(16-12)9-4-1-2-6-14-9/h1-8H,(H,15,16,17). The first-order valence-corrected chi connectivity index (χ1v) is 5.39. The number of nitrogens with one attached hydrogen (secondary N) is 1. The number of hydrogen-bond donors (Lipinski definition) is 1. The molecule has 0 aliphatic carbocycles. The molecule has 0 aromatic carbocycles. The third-order valence-electron chi connectivity index (χ3n) is 2.42. The lowest BCUT2D eigenvalue weighted by atomic mass is 10.3. The number of H-pyrrole nitrogens is 1. The van der Waals surface area contributed by atoms with Crippen molar-refractivity contribution in [3.05, 3.63) is 59.2 Å². The molecule has 0 fully saturated rings. The zero-order valence-electron chi connectivity index (χ0n) is 9.33. The van der Waals surface area contributed by atoms with E-state index in [2.05, 4.69) is 15.0 Å². The molecule has 0 unspecified atom stereocenters. The van der Waals surface area contributed by atoms with Crippen molar-refractivity contribution in [3.8, 4) is 23.0 Å². The second-order valence-electron chi connectivity index (χ2n) is 3.67. The van der Waals surface area contributed by atoms with Gasteiger partial charge in [0.05, 0.1) is 6.26 Å². The van der Waals surface area contributed by atoms with Gasteiger partial charge in [-0.15, -0.1) is 0 Å². The second-order valence-corrected chi connectivity index (χ2v) is 3.67. The number of rotatable bonds is 2. The van der Waals surface area contributed by atoms with Gasteiger partial charge in [-0.05, 0) is 24.3 Å². The lowest BCUT2D eigenvalue weighted by molar-refractivity contribution is 0.580. The topological polar surface area (TPSA) is 71.8 Å². The number of hydrogen-bond acceptors (Lipinski definition) is 4. The molecule has 5 nitrogen and oxygen atoms in total. The van der Waals surface area contributed by atoms with Crippen molar-refractivity contribution >= 4 is 0 Å². The molecule has 5 heteroatoms. The Bertz CT molecular complexity index is 703. The second kappa shape index (κ2) is 4.29. The van der Waals surface area contributed by atoms with E-state index in [9.17, 15) is 4.79 Å². The number of aromatic nitrogens is 3. The summed E-state index contributed by atoms with van der Waals surface area (Å²) in [5, 5.41) is 0. The molecule has 0 aliphatic heterocycles. The molecule has 0 aliphatic rings. The average molecular weight is 239 g/mol. The van der Waals surface area contributed by atoms with E-state index in [-0.39, 0.29) is 5.56 Å². The van der Waals surface area contributed by atoms with Crippen LogP contribution >= 0.6 is 0 Å². The number of pyridine rings is 1. The summed E-state index contributed by atoms with van der Waals surface area (Å²) in [6.07, 6.45) is 3.19. The molecular weight excluding hydrogens is 230 g/mol. The number of nitrogens with zero attached hydrogens (tertiary/aromatic N) is 2. The van der Waals surface area contributed by atoms with Gasteiger partial charge >= 0.3 is 0 Å². The predicted octanol–water partition coefficient (Wildman–Crippen LogP) is 2.09. The highest BCUT2D eigenvalue weighted by Crippen LogP contribution is 2.18. The van der Waals surface area contributed by atoms with Gasteiger partial charge in [0.25, 0.3) is 5.56 Å². The maximum Gasteiger partial charge on any atom is 0.251 e. The number of aromatic amines is 1. The molecule has 0 spiro atoms. The van der Waals surface area contributed by atoms with Crippen molar-refractivity contribution in [1.82, 2.24) is 15.0 Å². The summed E-state index contributed by atoms with van der Waals surface area (Å²) in [5.74, 6) is 0.979. The summed E-state index contributed by atoms with van der Waals surface area (Å²) >= 11 is 0. The van der Waals surface area contributed by atoms with Crippen LogP contribution in [-0.2, 0) is 0 Å². The molecule has 0 amide bonds. The van der Waals surface area contributed by atoms with E-state index >= 15 is 0 Å². The molecule has 3 aromatic heterocycles. The minimum Gasteiger partial charge on any atom is -0.463 e. The Labute approximate surface area is 102 Å². The van der Waals surface area contributed by atoms with Crippen LogP contribution in [0.15, 0.2) is 58.1 Å².